The number of amides is 1. The van der Waals surface area contributed by atoms with E-state index in [1.54, 1.807) is 11.5 Å². The van der Waals surface area contributed by atoms with Crippen molar-refractivity contribution in [2.45, 2.75) is 19.4 Å². The summed E-state index contributed by atoms with van der Waals surface area (Å²) in [7, 11) is 0. The van der Waals surface area contributed by atoms with Crippen LogP contribution in [0.3, 0.4) is 0 Å². The van der Waals surface area contributed by atoms with Crippen molar-refractivity contribution in [3.63, 3.8) is 0 Å². The first-order valence-corrected chi connectivity index (χ1v) is 6.78. The number of carboxylic acids is 1. The van der Waals surface area contributed by atoms with Crippen LogP contribution in [0.5, 0.6) is 0 Å². The SMILES string of the molecule is O=C(O)C1CC=CCC1C(=O)NCc1csc(=O)[nH]1. The number of aliphatic carboxylic acids is 1. The molecular formula is C12H14N2O4S. The van der Waals surface area contributed by atoms with E-state index < -0.39 is 17.8 Å². The Morgan fingerprint density at radius 1 is 1.37 bits per heavy atom. The van der Waals surface area contributed by atoms with Gasteiger partial charge < -0.3 is 15.4 Å². The molecule has 7 heteroatoms. The minimum atomic E-state index is -0.951. The fourth-order valence-corrected chi connectivity index (χ4v) is 2.67. The van der Waals surface area contributed by atoms with Crippen LogP contribution in [0.4, 0.5) is 0 Å². The molecule has 1 aliphatic carbocycles. The molecule has 3 N–H and O–H groups in total. The van der Waals surface area contributed by atoms with Crippen molar-refractivity contribution < 1.29 is 14.7 Å². The van der Waals surface area contributed by atoms with Gasteiger partial charge in [-0.2, -0.15) is 0 Å². The van der Waals surface area contributed by atoms with Crippen LogP contribution < -0.4 is 10.2 Å². The van der Waals surface area contributed by atoms with Crippen LogP contribution >= 0.6 is 11.3 Å². The van der Waals surface area contributed by atoms with Crippen LogP contribution in [0.25, 0.3) is 0 Å². The lowest BCUT2D eigenvalue weighted by Crippen LogP contribution is -2.38. The molecule has 1 aromatic rings. The standard InChI is InChI=1S/C12H14N2O4S/c15-10(13-5-7-6-19-12(18)14-7)8-3-1-2-4-9(8)11(16)17/h1-2,6,8-9H,3-5H2,(H,13,15)(H,14,18)(H,16,17). The molecule has 0 saturated carbocycles. The molecule has 0 fully saturated rings. The number of carbonyl (C=O) groups is 2. The highest BCUT2D eigenvalue weighted by Crippen LogP contribution is 2.26. The zero-order chi connectivity index (χ0) is 13.8. The second kappa shape index (κ2) is 5.83. The molecule has 1 amide bonds. The number of aromatic nitrogens is 1. The maximum Gasteiger partial charge on any atom is 0.307 e. The largest absolute Gasteiger partial charge is 0.481 e. The van der Waals surface area contributed by atoms with Gasteiger partial charge in [-0.3, -0.25) is 14.4 Å². The molecular weight excluding hydrogens is 268 g/mol. The lowest BCUT2D eigenvalue weighted by atomic mass is 9.82. The van der Waals surface area contributed by atoms with Gasteiger partial charge in [-0.25, -0.2) is 0 Å². The predicted molar refractivity (Wildman–Crippen MR) is 69.8 cm³/mol. The van der Waals surface area contributed by atoms with E-state index in [1.807, 2.05) is 6.08 Å². The molecule has 0 aliphatic heterocycles. The molecule has 0 saturated heterocycles. The van der Waals surface area contributed by atoms with Gasteiger partial charge in [0.15, 0.2) is 0 Å². The van der Waals surface area contributed by atoms with Crippen LogP contribution in [0.2, 0.25) is 0 Å². The molecule has 102 valence electrons. The number of nitrogens with one attached hydrogen (secondary N) is 2. The second-order valence-corrected chi connectivity index (χ2v) is 5.23. The second-order valence-electron chi connectivity index (χ2n) is 4.39. The number of aromatic amines is 1. The van der Waals surface area contributed by atoms with Gasteiger partial charge in [-0.05, 0) is 12.8 Å². The fraction of sp³-hybridized carbons (Fsp3) is 0.417. The van der Waals surface area contributed by atoms with E-state index in [0.29, 0.717) is 18.5 Å². The molecule has 0 bridgehead atoms. The average Bonchev–Trinajstić information content (AvgIpc) is 2.81. The maximum absolute atomic E-state index is 12.0. The third-order valence-corrected chi connectivity index (χ3v) is 3.83. The Bertz CT molecular complexity index is 560. The first kappa shape index (κ1) is 13.5. The van der Waals surface area contributed by atoms with E-state index in [1.165, 1.54) is 0 Å². The Labute approximate surface area is 113 Å². The molecule has 0 radical (unpaired) electrons. The molecule has 2 atom stereocenters. The highest BCUT2D eigenvalue weighted by Gasteiger charge is 2.33. The lowest BCUT2D eigenvalue weighted by Gasteiger charge is -2.24. The van der Waals surface area contributed by atoms with Gasteiger partial charge in [0, 0.05) is 11.1 Å². The van der Waals surface area contributed by atoms with Gasteiger partial charge in [0.1, 0.15) is 0 Å². The number of hydrogen-bond acceptors (Lipinski definition) is 4. The summed E-state index contributed by atoms with van der Waals surface area (Å²) in [6.45, 7) is 0.212. The Morgan fingerprint density at radius 3 is 2.63 bits per heavy atom. The van der Waals surface area contributed by atoms with Gasteiger partial charge in [0.25, 0.3) is 0 Å². The minimum Gasteiger partial charge on any atom is -0.481 e. The highest BCUT2D eigenvalue weighted by atomic mass is 32.1. The first-order valence-electron chi connectivity index (χ1n) is 5.90. The number of H-pyrrole nitrogens is 1. The molecule has 1 heterocycles. The van der Waals surface area contributed by atoms with E-state index in [0.717, 1.165) is 11.3 Å². The molecule has 6 nitrogen and oxygen atoms in total. The molecule has 0 spiro atoms. The molecule has 2 rings (SSSR count). The summed E-state index contributed by atoms with van der Waals surface area (Å²) in [6.07, 6.45) is 4.43. The van der Waals surface area contributed by atoms with Crippen molar-refractivity contribution >= 4 is 23.2 Å². The summed E-state index contributed by atoms with van der Waals surface area (Å²) >= 11 is 1.03. The fourth-order valence-electron chi connectivity index (χ4n) is 2.09. The molecule has 2 unspecified atom stereocenters. The maximum atomic E-state index is 12.0. The Hall–Kier alpha value is -1.89. The Kier molecular flexibility index (Phi) is 4.16. The number of thiazole rings is 1. The Balaban J connectivity index is 1.96. The van der Waals surface area contributed by atoms with E-state index >= 15 is 0 Å². The molecule has 1 aliphatic rings. The van der Waals surface area contributed by atoms with Crippen LogP contribution in [0, 0.1) is 11.8 Å². The van der Waals surface area contributed by atoms with Crippen LogP contribution in [0.1, 0.15) is 18.5 Å². The molecule has 0 aromatic carbocycles. The predicted octanol–water partition coefficient (Wildman–Crippen LogP) is 0.720. The highest BCUT2D eigenvalue weighted by molar-refractivity contribution is 7.07. The summed E-state index contributed by atoms with van der Waals surface area (Å²) < 4.78 is 0. The van der Waals surface area contributed by atoms with Crippen molar-refractivity contribution in [1.29, 1.82) is 0 Å². The number of carboxylic acid groups (broad SMARTS) is 1. The van der Waals surface area contributed by atoms with Crippen LogP contribution in [-0.2, 0) is 16.1 Å². The summed E-state index contributed by atoms with van der Waals surface area (Å²) in [5, 5.41) is 13.4. The van der Waals surface area contributed by atoms with Gasteiger partial charge in [-0.15, -0.1) is 0 Å². The molecule has 1 aromatic heterocycles. The lowest BCUT2D eigenvalue weighted by molar-refractivity contribution is -0.147. The topological polar surface area (TPSA) is 99.3 Å². The van der Waals surface area contributed by atoms with Crippen molar-refractivity contribution in [2.24, 2.45) is 11.8 Å². The smallest absolute Gasteiger partial charge is 0.307 e. The van der Waals surface area contributed by atoms with Gasteiger partial charge in [0.05, 0.1) is 18.4 Å². The van der Waals surface area contributed by atoms with Crippen LogP contribution in [0.15, 0.2) is 22.3 Å². The summed E-state index contributed by atoms with van der Waals surface area (Å²) in [4.78, 5) is 36.4. The number of allylic oxidation sites excluding steroid dienone is 2. The number of hydrogen-bond donors (Lipinski definition) is 3. The third-order valence-electron chi connectivity index (χ3n) is 3.11. The van der Waals surface area contributed by atoms with Crippen molar-refractivity contribution in [3.8, 4) is 0 Å². The monoisotopic (exact) mass is 282 g/mol. The number of carbonyl (C=O) groups excluding carboxylic acids is 1. The van der Waals surface area contributed by atoms with Gasteiger partial charge in [0.2, 0.25) is 5.91 Å². The summed E-state index contributed by atoms with van der Waals surface area (Å²) in [5.41, 5.74) is 0.626. The Morgan fingerprint density at radius 2 is 2.05 bits per heavy atom. The summed E-state index contributed by atoms with van der Waals surface area (Å²) in [5.74, 6) is -2.46. The zero-order valence-corrected chi connectivity index (χ0v) is 10.9. The molecule has 19 heavy (non-hydrogen) atoms. The van der Waals surface area contributed by atoms with Crippen LogP contribution in [-0.4, -0.2) is 22.0 Å². The zero-order valence-electron chi connectivity index (χ0n) is 10.1. The first-order chi connectivity index (χ1) is 9.08. The normalized spacial score (nSPS) is 22.1. The minimum absolute atomic E-state index is 0.173. The average molecular weight is 282 g/mol. The van der Waals surface area contributed by atoms with E-state index in [9.17, 15) is 14.4 Å². The van der Waals surface area contributed by atoms with E-state index in [2.05, 4.69) is 10.3 Å². The van der Waals surface area contributed by atoms with Crippen molar-refractivity contribution in [1.82, 2.24) is 10.3 Å². The van der Waals surface area contributed by atoms with E-state index in [-0.39, 0.29) is 17.3 Å². The quantitative estimate of drug-likeness (QED) is 0.708. The summed E-state index contributed by atoms with van der Waals surface area (Å²) in [6, 6.07) is 0. The third kappa shape index (κ3) is 3.31. The number of rotatable bonds is 4. The van der Waals surface area contributed by atoms with Gasteiger partial charge >= 0.3 is 10.8 Å². The van der Waals surface area contributed by atoms with Crippen molar-refractivity contribution in [3.05, 3.63) is 32.9 Å². The van der Waals surface area contributed by atoms with Gasteiger partial charge in [-0.1, -0.05) is 23.5 Å². The van der Waals surface area contributed by atoms with E-state index in [4.69, 9.17) is 5.11 Å². The van der Waals surface area contributed by atoms with Crippen molar-refractivity contribution in [2.75, 3.05) is 0 Å².